The van der Waals surface area contributed by atoms with Crippen LogP contribution in [0.4, 0.5) is 0 Å². The fraction of sp³-hybridized carbons (Fsp3) is 0.500. The highest BCUT2D eigenvalue weighted by Gasteiger charge is 2.39. The van der Waals surface area contributed by atoms with Crippen LogP contribution in [0.5, 0.6) is 0 Å². The van der Waals surface area contributed by atoms with Crippen LogP contribution in [-0.2, 0) is 14.6 Å². The quantitative estimate of drug-likeness (QED) is 0.861. The van der Waals surface area contributed by atoms with Crippen LogP contribution in [0.1, 0.15) is 18.9 Å². The number of nitrogens with one attached hydrogen (secondary N) is 1. The first kappa shape index (κ1) is 15.4. The molecule has 1 N–H and O–H groups in total. The summed E-state index contributed by atoms with van der Waals surface area (Å²) < 4.78 is 23.0. The number of thioether (sulfide) groups is 1. The molecule has 0 radical (unpaired) electrons. The molecule has 1 unspecified atom stereocenters. The van der Waals surface area contributed by atoms with E-state index in [4.69, 9.17) is 0 Å². The van der Waals surface area contributed by atoms with E-state index >= 15 is 0 Å². The molecule has 4 nitrogen and oxygen atoms in total. The van der Waals surface area contributed by atoms with Crippen LogP contribution in [0.2, 0.25) is 0 Å². The summed E-state index contributed by atoms with van der Waals surface area (Å²) in [4.78, 5) is 13.0. The molecule has 20 heavy (non-hydrogen) atoms. The molecule has 1 aromatic carbocycles. The molecule has 0 aromatic heterocycles. The Kier molecular flexibility index (Phi) is 4.44. The zero-order chi connectivity index (χ0) is 14.8. The number of benzene rings is 1. The van der Waals surface area contributed by atoms with Gasteiger partial charge in [-0.2, -0.15) is 0 Å². The van der Waals surface area contributed by atoms with Crippen molar-refractivity contribution in [2.45, 2.75) is 30.7 Å². The van der Waals surface area contributed by atoms with Crippen molar-refractivity contribution in [3.63, 3.8) is 0 Å². The Bertz CT molecular complexity index is 595. The topological polar surface area (TPSA) is 63.2 Å². The van der Waals surface area contributed by atoms with E-state index in [2.05, 4.69) is 5.32 Å². The van der Waals surface area contributed by atoms with Crippen molar-refractivity contribution in [1.82, 2.24) is 5.32 Å². The predicted octanol–water partition coefficient (Wildman–Crippen LogP) is 1.78. The Morgan fingerprint density at radius 3 is 2.55 bits per heavy atom. The minimum atomic E-state index is -2.99. The van der Waals surface area contributed by atoms with Crippen molar-refractivity contribution < 1.29 is 13.2 Å². The van der Waals surface area contributed by atoms with Crippen LogP contribution in [-0.4, -0.2) is 37.1 Å². The maximum absolute atomic E-state index is 11.9. The summed E-state index contributed by atoms with van der Waals surface area (Å²) in [7, 11) is -2.99. The fourth-order valence-electron chi connectivity index (χ4n) is 2.27. The van der Waals surface area contributed by atoms with Crippen LogP contribution in [0.25, 0.3) is 0 Å². The minimum absolute atomic E-state index is 0.0426. The molecule has 1 atom stereocenters. The summed E-state index contributed by atoms with van der Waals surface area (Å²) in [5.74, 6) is 0.393. The summed E-state index contributed by atoms with van der Waals surface area (Å²) >= 11 is 1.46. The Morgan fingerprint density at radius 2 is 2.00 bits per heavy atom. The lowest BCUT2D eigenvalue weighted by molar-refractivity contribution is -0.120. The Balaban J connectivity index is 1.85. The van der Waals surface area contributed by atoms with Gasteiger partial charge in [-0.05, 0) is 32.4 Å². The molecule has 1 aliphatic rings. The van der Waals surface area contributed by atoms with E-state index in [0.717, 1.165) is 4.90 Å². The summed E-state index contributed by atoms with van der Waals surface area (Å²) in [6.45, 7) is 3.81. The summed E-state index contributed by atoms with van der Waals surface area (Å²) in [5, 5.41) is 2.85. The van der Waals surface area contributed by atoms with Crippen molar-refractivity contribution in [1.29, 1.82) is 0 Å². The van der Waals surface area contributed by atoms with E-state index in [1.165, 1.54) is 17.3 Å². The average Bonchev–Trinajstić information content (AvgIpc) is 2.62. The van der Waals surface area contributed by atoms with Gasteiger partial charge in [-0.1, -0.05) is 17.7 Å². The molecular formula is C14H19NO3S2. The summed E-state index contributed by atoms with van der Waals surface area (Å²) in [6, 6.07) is 7.97. The van der Waals surface area contributed by atoms with Crippen molar-refractivity contribution in [2.75, 3.05) is 17.3 Å². The van der Waals surface area contributed by atoms with Crippen LogP contribution < -0.4 is 5.32 Å². The standard InChI is InChI=1S/C14H19NO3S2/c1-11-3-5-12(6-4-11)19-9-13(16)15-14(2)7-8-20(17,18)10-14/h3-6H,7-10H2,1-2H3,(H,15,16). The summed E-state index contributed by atoms with van der Waals surface area (Å²) in [6.07, 6.45) is 0.496. The fourth-order valence-corrected chi connectivity index (χ4v) is 5.06. The lowest BCUT2D eigenvalue weighted by Gasteiger charge is -2.23. The molecule has 0 aliphatic carbocycles. The van der Waals surface area contributed by atoms with Gasteiger partial charge in [-0.3, -0.25) is 4.79 Å². The van der Waals surface area contributed by atoms with Gasteiger partial charge in [0.15, 0.2) is 9.84 Å². The largest absolute Gasteiger partial charge is 0.349 e. The first-order chi connectivity index (χ1) is 9.28. The number of sulfone groups is 1. The van der Waals surface area contributed by atoms with Gasteiger partial charge in [-0.15, -0.1) is 11.8 Å². The van der Waals surface area contributed by atoms with Crippen molar-refractivity contribution in [3.05, 3.63) is 29.8 Å². The zero-order valence-electron chi connectivity index (χ0n) is 11.7. The van der Waals surface area contributed by atoms with E-state index in [1.807, 2.05) is 31.2 Å². The number of rotatable bonds is 4. The SMILES string of the molecule is Cc1ccc(SCC(=O)NC2(C)CCS(=O)(=O)C2)cc1. The molecule has 0 bridgehead atoms. The molecule has 1 amide bonds. The average molecular weight is 313 g/mol. The van der Waals surface area contributed by atoms with E-state index in [1.54, 1.807) is 6.92 Å². The third kappa shape index (κ3) is 4.24. The normalized spacial score (nSPS) is 24.5. The van der Waals surface area contributed by atoms with Crippen LogP contribution >= 0.6 is 11.8 Å². The number of carbonyl (C=O) groups is 1. The van der Waals surface area contributed by atoms with Gasteiger partial charge in [0.25, 0.3) is 0 Å². The third-order valence-corrected chi connectivity index (χ3v) is 6.25. The summed E-state index contributed by atoms with van der Waals surface area (Å²) in [5.41, 5.74) is 0.575. The minimum Gasteiger partial charge on any atom is -0.349 e. The second kappa shape index (κ2) is 5.77. The lowest BCUT2D eigenvalue weighted by Crippen LogP contribution is -2.47. The van der Waals surface area contributed by atoms with Crippen molar-refractivity contribution >= 4 is 27.5 Å². The van der Waals surface area contributed by atoms with Gasteiger partial charge in [0.05, 0.1) is 22.8 Å². The van der Waals surface area contributed by atoms with Gasteiger partial charge >= 0.3 is 0 Å². The monoisotopic (exact) mass is 313 g/mol. The number of carbonyl (C=O) groups excluding carboxylic acids is 1. The molecule has 6 heteroatoms. The molecule has 1 fully saturated rings. The molecule has 1 aromatic rings. The lowest BCUT2D eigenvalue weighted by atomic mass is 10.0. The van der Waals surface area contributed by atoms with Gasteiger partial charge in [0, 0.05) is 4.90 Å². The van der Waals surface area contributed by atoms with Crippen LogP contribution in [0, 0.1) is 6.92 Å². The van der Waals surface area contributed by atoms with E-state index in [9.17, 15) is 13.2 Å². The third-order valence-electron chi connectivity index (χ3n) is 3.34. The molecule has 2 rings (SSSR count). The first-order valence-electron chi connectivity index (χ1n) is 6.49. The van der Waals surface area contributed by atoms with Crippen molar-refractivity contribution in [2.24, 2.45) is 0 Å². The first-order valence-corrected chi connectivity index (χ1v) is 9.30. The Morgan fingerprint density at radius 1 is 1.35 bits per heavy atom. The predicted molar refractivity (Wildman–Crippen MR) is 81.7 cm³/mol. The number of hydrogen-bond donors (Lipinski definition) is 1. The molecule has 1 heterocycles. The Labute approximate surface area is 124 Å². The van der Waals surface area contributed by atoms with Gasteiger partial charge in [-0.25, -0.2) is 8.42 Å². The number of hydrogen-bond acceptors (Lipinski definition) is 4. The molecule has 1 saturated heterocycles. The molecule has 0 saturated carbocycles. The highest BCUT2D eigenvalue weighted by atomic mass is 32.2. The number of amides is 1. The second-order valence-electron chi connectivity index (χ2n) is 5.55. The van der Waals surface area contributed by atoms with E-state index < -0.39 is 15.4 Å². The molecule has 1 aliphatic heterocycles. The van der Waals surface area contributed by atoms with Gasteiger partial charge < -0.3 is 5.32 Å². The number of aryl methyl sites for hydroxylation is 1. The maximum atomic E-state index is 11.9. The molecule has 0 spiro atoms. The van der Waals surface area contributed by atoms with Crippen LogP contribution in [0.15, 0.2) is 29.2 Å². The highest BCUT2D eigenvalue weighted by Crippen LogP contribution is 2.23. The van der Waals surface area contributed by atoms with E-state index in [-0.39, 0.29) is 17.4 Å². The second-order valence-corrected chi connectivity index (χ2v) is 8.79. The van der Waals surface area contributed by atoms with Gasteiger partial charge in [0.2, 0.25) is 5.91 Å². The molecule has 110 valence electrons. The maximum Gasteiger partial charge on any atom is 0.230 e. The van der Waals surface area contributed by atoms with E-state index in [0.29, 0.717) is 12.2 Å². The van der Waals surface area contributed by atoms with Crippen LogP contribution in [0.3, 0.4) is 0 Å². The van der Waals surface area contributed by atoms with Crippen molar-refractivity contribution in [3.8, 4) is 0 Å². The van der Waals surface area contributed by atoms with Gasteiger partial charge in [0.1, 0.15) is 0 Å². The highest BCUT2D eigenvalue weighted by molar-refractivity contribution is 8.00. The Hall–Kier alpha value is -1.01. The smallest absolute Gasteiger partial charge is 0.230 e. The zero-order valence-corrected chi connectivity index (χ0v) is 13.3. The molecular weight excluding hydrogens is 294 g/mol.